The second kappa shape index (κ2) is 12.8. The minimum absolute atomic E-state index is 0.164. The molecule has 0 radical (unpaired) electrons. The molecule has 0 spiro atoms. The number of para-hydroxylation sites is 1. The van der Waals surface area contributed by atoms with E-state index >= 15 is 0 Å². The summed E-state index contributed by atoms with van der Waals surface area (Å²) in [6, 6.07) is 34.0. The molecule has 2 N–H and O–H groups in total. The molecule has 1 atom stereocenters. The number of nitrogens with zero attached hydrogens (tertiary/aromatic N) is 2. The molecular weight excluding hydrogens is 570 g/mol. The Kier molecular flexibility index (Phi) is 8.67. The Bertz CT molecular complexity index is 1810. The monoisotopic (exact) mass is 605 g/mol. The maximum Gasteiger partial charge on any atom is 0.263 e. The Balaban J connectivity index is 1.43. The summed E-state index contributed by atoms with van der Waals surface area (Å²) in [5, 5.41) is 16.6. The van der Waals surface area contributed by atoms with E-state index < -0.39 is 5.60 Å². The van der Waals surface area contributed by atoms with E-state index in [0.717, 1.165) is 17.5 Å². The number of halogens is 1. The van der Waals surface area contributed by atoms with E-state index in [1.165, 1.54) is 0 Å². The molecule has 0 saturated carbocycles. The number of fused-ring (bicyclic) bond motifs is 1. The fourth-order valence-corrected chi connectivity index (χ4v) is 6.46. The third-order valence-electron chi connectivity index (χ3n) is 8.78. The molecule has 1 saturated heterocycles. The van der Waals surface area contributed by atoms with Crippen molar-refractivity contribution in [2.24, 2.45) is 0 Å². The standard InChI is InChI=1S/C37H36ClN3O3/c1-2-32(26-11-5-3-6-12-26)39-35(42)34-30-15-9-10-16-31(30)36(43)41(29-13-7-4-8-14-29)33(34)25-40-23-21-37(44,22-24-40)27-17-19-28(38)20-18-27/h3-20,32,44H,2,21-25H2,1H3,(H,39,42)/t32-/m0/s1. The van der Waals surface area contributed by atoms with Gasteiger partial charge in [0.25, 0.3) is 11.5 Å². The molecule has 1 aliphatic rings. The van der Waals surface area contributed by atoms with Gasteiger partial charge in [-0.25, -0.2) is 0 Å². The van der Waals surface area contributed by atoms with Gasteiger partial charge in [0.15, 0.2) is 0 Å². The summed E-state index contributed by atoms with van der Waals surface area (Å²) in [4.78, 5) is 30.7. The van der Waals surface area contributed by atoms with Crippen molar-refractivity contribution < 1.29 is 9.90 Å². The maximum atomic E-state index is 14.4. The molecule has 1 aliphatic heterocycles. The van der Waals surface area contributed by atoms with Crippen LogP contribution in [-0.2, 0) is 12.1 Å². The molecule has 1 aromatic heterocycles. The molecule has 0 aliphatic carbocycles. The molecular formula is C37H36ClN3O3. The normalized spacial score (nSPS) is 15.6. The van der Waals surface area contributed by atoms with Crippen LogP contribution in [0.25, 0.3) is 16.5 Å². The Hall–Kier alpha value is -4.23. The first-order valence-electron chi connectivity index (χ1n) is 15.2. The number of rotatable bonds is 8. The minimum atomic E-state index is -0.964. The quantitative estimate of drug-likeness (QED) is 0.200. The molecule has 2 heterocycles. The topological polar surface area (TPSA) is 74.6 Å². The molecule has 6 nitrogen and oxygen atoms in total. The van der Waals surface area contributed by atoms with Gasteiger partial charge in [-0.15, -0.1) is 0 Å². The zero-order chi connectivity index (χ0) is 30.7. The van der Waals surface area contributed by atoms with Crippen molar-refractivity contribution in [2.45, 2.75) is 44.4 Å². The highest BCUT2D eigenvalue weighted by molar-refractivity contribution is 6.30. The second-order valence-electron chi connectivity index (χ2n) is 11.5. The second-order valence-corrected chi connectivity index (χ2v) is 11.9. The van der Waals surface area contributed by atoms with Crippen molar-refractivity contribution in [2.75, 3.05) is 13.1 Å². The van der Waals surface area contributed by atoms with Crippen LogP contribution in [-0.4, -0.2) is 33.6 Å². The van der Waals surface area contributed by atoms with Crippen molar-refractivity contribution in [3.05, 3.63) is 147 Å². The van der Waals surface area contributed by atoms with Gasteiger partial charge in [-0.2, -0.15) is 0 Å². The van der Waals surface area contributed by atoms with Crippen molar-refractivity contribution in [3.63, 3.8) is 0 Å². The zero-order valence-electron chi connectivity index (χ0n) is 24.7. The highest BCUT2D eigenvalue weighted by Crippen LogP contribution is 2.35. The summed E-state index contributed by atoms with van der Waals surface area (Å²) in [6.45, 7) is 3.61. The number of hydrogen-bond acceptors (Lipinski definition) is 4. The molecule has 7 heteroatoms. The lowest BCUT2D eigenvalue weighted by Crippen LogP contribution is -2.43. The van der Waals surface area contributed by atoms with Gasteiger partial charge < -0.3 is 10.4 Å². The maximum absolute atomic E-state index is 14.4. The van der Waals surface area contributed by atoms with Crippen LogP contribution in [0.5, 0.6) is 0 Å². The van der Waals surface area contributed by atoms with Crippen LogP contribution in [0.2, 0.25) is 5.02 Å². The molecule has 5 aromatic rings. The number of benzene rings is 4. The fourth-order valence-electron chi connectivity index (χ4n) is 6.33. The van der Waals surface area contributed by atoms with E-state index in [4.69, 9.17) is 11.6 Å². The summed E-state index contributed by atoms with van der Waals surface area (Å²) in [5.74, 6) is -0.216. The highest BCUT2D eigenvalue weighted by Gasteiger charge is 2.35. The molecule has 1 amide bonds. The van der Waals surface area contributed by atoms with E-state index in [1.807, 2.05) is 91.0 Å². The SMILES string of the molecule is CC[C@H](NC(=O)c1c(CN2CCC(O)(c3ccc(Cl)cc3)CC2)n(-c2ccccc2)c(=O)c2ccccc12)c1ccccc1. The lowest BCUT2D eigenvalue weighted by molar-refractivity contribution is -0.0281. The minimum Gasteiger partial charge on any atom is -0.385 e. The molecule has 224 valence electrons. The number of likely N-dealkylation sites (tertiary alicyclic amines) is 1. The van der Waals surface area contributed by atoms with E-state index in [-0.39, 0.29) is 17.5 Å². The van der Waals surface area contributed by atoms with E-state index in [2.05, 4.69) is 17.1 Å². The number of carbonyl (C=O) groups excluding carboxylic acids is 1. The first-order chi connectivity index (χ1) is 21.4. The number of amides is 1. The van der Waals surface area contributed by atoms with Gasteiger partial charge >= 0.3 is 0 Å². The van der Waals surface area contributed by atoms with Gasteiger partial charge in [0.05, 0.1) is 22.9 Å². The summed E-state index contributed by atoms with van der Waals surface area (Å²) in [7, 11) is 0. The first-order valence-corrected chi connectivity index (χ1v) is 15.5. The van der Waals surface area contributed by atoms with Crippen LogP contribution < -0.4 is 10.9 Å². The molecule has 44 heavy (non-hydrogen) atoms. The summed E-state index contributed by atoms with van der Waals surface area (Å²) in [5.41, 5.74) is 2.59. The predicted molar refractivity (Wildman–Crippen MR) is 176 cm³/mol. The van der Waals surface area contributed by atoms with Crippen LogP contribution in [0.1, 0.15) is 59.4 Å². The van der Waals surface area contributed by atoms with E-state index in [0.29, 0.717) is 65.2 Å². The van der Waals surface area contributed by atoms with Crippen LogP contribution in [0.4, 0.5) is 0 Å². The highest BCUT2D eigenvalue weighted by atomic mass is 35.5. The first kappa shape index (κ1) is 29.8. The van der Waals surface area contributed by atoms with Crippen LogP contribution >= 0.6 is 11.6 Å². The molecule has 4 aromatic carbocycles. The number of nitrogens with one attached hydrogen (secondary N) is 1. The number of pyridine rings is 1. The van der Waals surface area contributed by atoms with Gasteiger partial charge in [-0.1, -0.05) is 97.4 Å². The number of hydrogen-bond donors (Lipinski definition) is 2. The van der Waals surface area contributed by atoms with Gasteiger partial charge in [0.2, 0.25) is 0 Å². The fraction of sp³-hybridized carbons (Fsp3) is 0.243. The third-order valence-corrected chi connectivity index (χ3v) is 9.04. The lowest BCUT2D eigenvalue weighted by Gasteiger charge is -2.39. The van der Waals surface area contributed by atoms with Gasteiger partial charge in [0.1, 0.15) is 0 Å². The largest absolute Gasteiger partial charge is 0.385 e. The Morgan fingerprint density at radius 3 is 2.09 bits per heavy atom. The Morgan fingerprint density at radius 1 is 0.864 bits per heavy atom. The summed E-state index contributed by atoms with van der Waals surface area (Å²) < 4.78 is 1.70. The molecule has 6 rings (SSSR count). The van der Waals surface area contributed by atoms with Crippen LogP contribution in [0.3, 0.4) is 0 Å². The molecule has 0 bridgehead atoms. The Labute approximate surface area is 262 Å². The molecule has 0 unspecified atom stereocenters. The van der Waals surface area contributed by atoms with Gasteiger partial charge in [-0.05, 0) is 60.7 Å². The van der Waals surface area contributed by atoms with E-state index in [1.54, 1.807) is 22.8 Å². The smallest absolute Gasteiger partial charge is 0.263 e. The average Bonchev–Trinajstić information content (AvgIpc) is 3.06. The number of aromatic nitrogens is 1. The summed E-state index contributed by atoms with van der Waals surface area (Å²) >= 11 is 6.09. The van der Waals surface area contributed by atoms with Gasteiger partial charge in [0, 0.05) is 41.1 Å². The zero-order valence-corrected chi connectivity index (χ0v) is 25.5. The number of piperidine rings is 1. The van der Waals surface area contributed by atoms with Crippen molar-refractivity contribution in [1.29, 1.82) is 0 Å². The van der Waals surface area contributed by atoms with Crippen molar-refractivity contribution in [1.82, 2.24) is 14.8 Å². The number of carbonyl (C=O) groups is 1. The van der Waals surface area contributed by atoms with Gasteiger partial charge in [-0.3, -0.25) is 19.1 Å². The van der Waals surface area contributed by atoms with Crippen LogP contribution in [0, 0.1) is 0 Å². The average molecular weight is 606 g/mol. The van der Waals surface area contributed by atoms with E-state index in [9.17, 15) is 14.7 Å². The molecule has 1 fully saturated rings. The van der Waals surface area contributed by atoms with Crippen molar-refractivity contribution in [3.8, 4) is 5.69 Å². The summed E-state index contributed by atoms with van der Waals surface area (Å²) in [6.07, 6.45) is 1.76. The Morgan fingerprint density at radius 2 is 1.45 bits per heavy atom. The third kappa shape index (κ3) is 5.93. The lowest BCUT2D eigenvalue weighted by atomic mass is 9.84. The van der Waals surface area contributed by atoms with Crippen molar-refractivity contribution >= 4 is 28.3 Å². The predicted octanol–water partition coefficient (Wildman–Crippen LogP) is 7.01. The van der Waals surface area contributed by atoms with Crippen LogP contribution in [0.15, 0.2) is 114 Å². The number of aliphatic hydroxyl groups is 1.